The molecule has 2 rings (SSSR count). The van der Waals surface area contributed by atoms with E-state index in [4.69, 9.17) is 0 Å². The highest BCUT2D eigenvalue weighted by Gasteiger charge is 2.16. The molecule has 0 saturated heterocycles. The van der Waals surface area contributed by atoms with Gasteiger partial charge in [0.05, 0.1) is 6.04 Å². The molecule has 0 aliphatic heterocycles. The zero-order valence-electron chi connectivity index (χ0n) is 9.55. The van der Waals surface area contributed by atoms with E-state index in [0.717, 1.165) is 5.01 Å². The standard InChI is InChI=1S/C13H16N2S/c1-10(2)15-12(13-14-8-9-16-13)11-6-4-3-5-7-11/h3-10,12,15H,1-2H3. The highest BCUT2D eigenvalue weighted by atomic mass is 32.1. The largest absolute Gasteiger partial charge is 0.302 e. The molecular weight excluding hydrogens is 216 g/mol. The van der Waals surface area contributed by atoms with Crippen LogP contribution < -0.4 is 5.32 Å². The molecule has 0 bridgehead atoms. The Kier molecular flexibility index (Phi) is 3.70. The first-order valence-corrected chi connectivity index (χ1v) is 6.35. The molecule has 16 heavy (non-hydrogen) atoms. The molecule has 84 valence electrons. The van der Waals surface area contributed by atoms with Crippen molar-refractivity contribution in [2.24, 2.45) is 0 Å². The Morgan fingerprint density at radius 3 is 2.50 bits per heavy atom. The van der Waals surface area contributed by atoms with Gasteiger partial charge in [0.25, 0.3) is 0 Å². The van der Waals surface area contributed by atoms with Gasteiger partial charge in [0.1, 0.15) is 5.01 Å². The zero-order chi connectivity index (χ0) is 11.4. The van der Waals surface area contributed by atoms with Crippen LogP contribution in [0.25, 0.3) is 0 Å². The minimum absolute atomic E-state index is 0.209. The first kappa shape index (κ1) is 11.3. The van der Waals surface area contributed by atoms with Crippen LogP contribution in [0.4, 0.5) is 0 Å². The lowest BCUT2D eigenvalue weighted by molar-refractivity contribution is 0.527. The van der Waals surface area contributed by atoms with Gasteiger partial charge in [0.15, 0.2) is 0 Å². The molecule has 2 aromatic rings. The van der Waals surface area contributed by atoms with Crippen LogP contribution in [0.3, 0.4) is 0 Å². The molecule has 1 atom stereocenters. The maximum Gasteiger partial charge on any atom is 0.114 e. The fraction of sp³-hybridized carbons (Fsp3) is 0.308. The Morgan fingerprint density at radius 2 is 1.94 bits per heavy atom. The predicted octanol–water partition coefficient (Wildman–Crippen LogP) is 3.23. The van der Waals surface area contributed by atoms with Crippen molar-refractivity contribution >= 4 is 11.3 Å². The number of nitrogens with zero attached hydrogens (tertiary/aromatic N) is 1. The second kappa shape index (κ2) is 5.23. The summed E-state index contributed by atoms with van der Waals surface area (Å²) in [4.78, 5) is 4.40. The Balaban J connectivity index is 2.29. The monoisotopic (exact) mass is 232 g/mol. The van der Waals surface area contributed by atoms with Gasteiger partial charge >= 0.3 is 0 Å². The Bertz CT molecular complexity index is 409. The molecule has 1 heterocycles. The van der Waals surface area contributed by atoms with Gasteiger partial charge < -0.3 is 5.32 Å². The van der Waals surface area contributed by atoms with E-state index in [0.29, 0.717) is 6.04 Å². The van der Waals surface area contributed by atoms with E-state index in [1.165, 1.54) is 5.56 Å². The van der Waals surface area contributed by atoms with Crippen molar-refractivity contribution in [3.8, 4) is 0 Å². The third kappa shape index (κ3) is 2.68. The van der Waals surface area contributed by atoms with E-state index in [1.54, 1.807) is 11.3 Å². The highest BCUT2D eigenvalue weighted by Crippen LogP contribution is 2.23. The van der Waals surface area contributed by atoms with Crippen LogP contribution in [0.1, 0.15) is 30.5 Å². The van der Waals surface area contributed by atoms with Crippen molar-refractivity contribution in [3.63, 3.8) is 0 Å². The fourth-order valence-corrected chi connectivity index (χ4v) is 2.39. The molecule has 1 aromatic carbocycles. The first-order chi connectivity index (χ1) is 7.77. The molecule has 0 aliphatic rings. The molecule has 0 fully saturated rings. The summed E-state index contributed by atoms with van der Waals surface area (Å²) < 4.78 is 0. The van der Waals surface area contributed by atoms with E-state index in [-0.39, 0.29) is 6.04 Å². The summed E-state index contributed by atoms with van der Waals surface area (Å²) >= 11 is 1.69. The smallest absolute Gasteiger partial charge is 0.114 e. The lowest BCUT2D eigenvalue weighted by Gasteiger charge is -2.19. The molecule has 0 saturated carbocycles. The van der Waals surface area contributed by atoms with Gasteiger partial charge in [-0.3, -0.25) is 0 Å². The molecule has 0 aliphatic carbocycles. The topological polar surface area (TPSA) is 24.9 Å². The first-order valence-electron chi connectivity index (χ1n) is 5.48. The second-order valence-electron chi connectivity index (χ2n) is 4.04. The van der Waals surface area contributed by atoms with Gasteiger partial charge in [-0.2, -0.15) is 0 Å². The Labute approximate surface area is 100 Å². The van der Waals surface area contributed by atoms with Gasteiger partial charge in [-0.15, -0.1) is 11.3 Å². The van der Waals surface area contributed by atoms with E-state index in [9.17, 15) is 0 Å². The van der Waals surface area contributed by atoms with E-state index >= 15 is 0 Å². The predicted molar refractivity (Wildman–Crippen MR) is 68.7 cm³/mol. The zero-order valence-corrected chi connectivity index (χ0v) is 10.4. The molecular formula is C13H16N2S. The molecule has 0 spiro atoms. The quantitative estimate of drug-likeness (QED) is 0.875. The van der Waals surface area contributed by atoms with Crippen molar-refractivity contribution in [2.75, 3.05) is 0 Å². The minimum atomic E-state index is 0.209. The molecule has 0 radical (unpaired) electrons. The van der Waals surface area contributed by atoms with Crippen molar-refractivity contribution in [3.05, 3.63) is 52.5 Å². The van der Waals surface area contributed by atoms with Gasteiger partial charge in [-0.1, -0.05) is 30.3 Å². The normalized spacial score (nSPS) is 12.9. The van der Waals surface area contributed by atoms with Crippen molar-refractivity contribution in [1.82, 2.24) is 10.3 Å². The molecule has 1 aromatic heterocycles. The molecule has 3 heteroatoms. The number of hydrogen-bond acceptors (Lipinski definition) is 3. The van der Waals surface area contributed by atoms with Gasteiger partial charge in [-0.25, -0.2) is 4.98 Å². The second-order valence-corrected chi connectivity index (χ2v) is 4.96. The van der Waals surface area contributed by atoms with Crippen LogP contribution >= 0.6 is 11.3 Å². The van der Waals surface area contributed by atoms with Crippen LogP contribution in [0.5, 0.6) is 0 Å². The summed E-state index contributed by atoms with van der Waals surface area (Å²) in [5.41, 5.74) is 1.27. The SMILES string of the molecule is CC(C)NC(c1ccccc1)c1nccs1. The fourth-order valence-electron chi connectivity index (χ4n) is 1.67. The van der Waals surface area contributed by atoms with Crippen molar-refractivity contribution in [1.29, 1.82) is 0 Å². The van der Waals surface area contributed by atoms with Crippen LogP contribution in [0.2, 0.25) is 0 Å². The van der Waals surface area contributed by atoms with Crippen molar-refractivity contribution in [2.45, 2.75) is 25.9 Å². The van der Waals surface area contributed by atoms with Gasteiger partial charge in [0, 0.05) is 17.6 Å². The van der Waals surface area contributed by atoms with Gasteiger partial charge in [-0.05, 0) is 19.4 Å². The van der Waals surface area contributed by atoms with Crippen LogP contribution in [0, 0.1) is 0 Å². The summed E-state index contributed by atoms with van der Waals surface area (Å²) in [6.07, 6.45) is 1.86. The number of nitrogens with one attached hydrogen (secondary N) is 1. The molecule has 2 nitrogen and oxygen atoms in total. The average Bonchev–Trinajstić information content (AvgIpc) is 2.80. The number of hydrogen-bond donors (Lipinski definition) is 1. The number of thiazole rings is 1. The van der Waals surface area contributed by atoms with Crippen LogP contribution in [0.15, 0.2) is 41.9 Å². The number of rotatable bonds is 4. The third-order valence-electron chi connectivity index (χ3n) is 2.33. The average molecular weight is 232 g/mol. The summed E-state index contributed by atoms with van der Waals surface area (Å²) in [5.74, 6) is 0. The maximum atomic E-state index is 4.40. The van der Waals surface area contributed by atoms with Crippen LogP contribution in [-0.2, 0) is 0 Å². The van der Waals surface area contributed by atoms with E-state index in [2.05, 4.69) is 48.4 Å². The Morgan fingerprint density at radius 1 is 1.19 bits per heavy atom. The van der Waals surface area contributed by atoms with E-state index in [1.807, 2.05) is 17.6 Å². The lowest BCUT2D eigenvalue weighted by atomic mass is 10.1. The maximum absolute atomic E-state index is 4.40. The molecule has 0 amide bonds. The summed E-state index contributed by atoms with van der Waals surface area (Å²) in [6.45, 7) is 4.31. The Hall–Kier alpha value is -1.19. The number of aromatic nitrogens is 1. The van der Waals surface area contributed by atoms with Gasteiger partial charge in [0.2, 0.25) is 0 Å². The minimum Gasteiger partial charge on any atom is -0.302 e. The molecule has 1 unspecified atom stereocenters. The third-order valence-corrected chi connectivity index (χ3v) is 3.17. The van der Waals surface area contributed by atoms with Crippen molar-refractivity contribution < 1.29 is 0 Å². The highest BCUT2D eigenvalue weighted by molar-refractivity contribution is 7.09. The summed E-state index contributed by atoms with van der Waals surface area (Å²) in [7, 11) is 0. The van der Waals surface area contributed by atoms with Crippen LogP contribution in [-0.4, -0.2) is 11.0 Å². The van der Waals surface area contributed by atoms with E-state index < -0.39 is 0 Å². The summed E-state index contributed by atoms with van der Waals surface area (Å²) in [6, 6.07) is 11.1. The molecule has 1 N–H and O–H groups in total. The lowest BCUT2D eigenvalue weighted by Crippen LogP contribution is -2.28. The summed E-state index contributed by atoms with van der Waals surface area (Å²) in [5, 5.41) is 6.69. The number of benzene rings is 1.